The van der Waals surface area contributed by atoms with E-state index in [1.807, 2.05) is 0 Å². The summed E-state index contributed by atoms with van der Waals surface area (Å²) in [5.41, 5.74) is 3.85. The molecule has 0 saturated heterocycles. The molecule has 98 valence electrons. The van der Waals surface area contributed by atoms with E-state index in [4.69, 9.17) is 0 Å². The van der Waals surface area contributed by atoms with Crippen LogP contribution >= 0.6 is 8.37 Å². The topological polar surface area (TPSA) is 14.8 Å². The predicted molar refractivity (Wildman–Crippen MR) is 80.6 cm³/mol. The molecule has 0 aliphatic carbocycles. The first-order valence-electron chi connectivity index (χ1n) is 6.41. The number of rotatable bonds is 3. The Morgan fingerprint density at radius 1 is 0.632 bits per heavy atom. The summed E-state index contributed by atoms with van der Waals surface area (Å²) >= 11 is 0. The van der Waals surface area contributed by atoms with Crippen LogP contribution in [0.1, 0.15) is 17.1 Å². The van der Waals surface area contributed by atoms with Gasteiger partial charge in [0.25, 0.3) is 0 Å². The second-order valence-corrected chi connectivity index (χ2v) is 6.58. The molecule has 0 bridgehead atoms. The number of aromatic nitrogens is 3. The zero-order valence-electron chi connectivity index (χ0n) is 11.5. The van der Waals surface area contributed by atoms with Gasteiger partial charge >= 0.3 is 0 Å². The van der Waals surface area contributed by atoms with E-state index in [0.717, 1.165) is 0 Å². The van der Waals surface area contributed by atoms with Gasteiger partial charge in [0.05, 0.1) is 0 Å². The van der Waals surface area contributed by atoms with E-state index in [2.05, 4.69) is 88.8 Å². The molecule has 0 aromatic carbocycles. The van der Waals surface area contributed by atoms with Gasteiger partial charge in [-0.3, -0.25) is 13.0 Å². The number of hydrogen-bond donors (Lipinski definition) is 0. The van der Waals surface area contributed by atoms with Crippen LogP contribution in [0.15, 0.2) is 55.0 Å². The van der Waals surface area contributed by atoms with Crippen LogP contribution in [0.4, 0.5) is 0 Å². The van der Waals surface area contributed by atoms with Crippen molar-refractivity contribution in [1.29, 1.82) is 0 Å². The molecular formula is C15H18N3P. The Bertz CT molecular complexity index is 594. The summed E-state index contributed by atoms with van der Waals surface area (Å²) in [6, 6.07) is 12.8. The summed E-state index contributed by atoms with van der Waals surface area (Å²) in [6.45, 7) is 6.48. The van der Waals surface area contributed by atoms with E-state index in [-0.39, 0.29) is 0 Å². The Hall–Kier alpha value is -1.73. The lowest BCUT2D eigenvalue weighted by Crippen LogP contribution is -2.09. The maximum absolute atomic E-state index is 2.36. The standard InChI is InChI=1S/C15H18N3P/c1-13-7-4-10-16(13)19(17-11-5-8-14(17)2)18-12-6-9-15(18)3/h4-12H,1-3H3. The van der Waals surface area contributed by atoms with Crippen LogP contribution in [0.2, 0.25) is 0 Å². The number of nitrogens with zero attached hydrogens (tertiary/aromatic N) is 3. The van der Waals surface area contributed by atoms with E-state index in [9.17, 15) is 0 Å². The summed E-state index contributed by atoms with van der Waals surface area (Å²) in [6.07, 6.45) is 6.50. The van der Waals surface area contributed by atoms with E-state index < -0.39 is 8.37 Å². The normalized spacial score (nSPS) is 11.4. The molecule has 0 saturated carbocycles. The zero-order chi connectivity index (χ0) is 13.4. The van der Waals surface area contributed by atoms with Crippen molar-refractivity contribution in [3.05, 3.63) is 72.1 Å². The molecule has 0 radical (unpaired) electrons. The van der Waals surface area contributed by atoms with Crippen molar-refractivity contribution in [2.24, 2.45) is 0 Å². The quantitative estimate of drug-likeness (QED) is 0.635. The Morgan fingerprint density at radius 3 is 1.16 bits per heavy atom. The molecule has 3 aromatic rings. The molecule has 3 nitrogen and oxygen atoms in total. The van der Waals surface area contributed by atoms with Crippen LogP contribution < -0.4 is 0 Å². The third-order valence-electron chi connectivity index (χ3n) is 3.36. The van der Waals surface area contributed by atoms with Crippen molar-refractivity contribution < 1.29 is 0 Å². The van der Waals surface area contributed by atoms with Gasteiger partial charge in [0.15, 0.2) is 0 Å². The summed E-state index contributed by atoms with van der Waals surface area (Å²) < 4.78 is 7.07. The molecule has 19 heavy (non-hydrogen) atoms. The second-order valence-electron chi connectivity index (χ2n) is 4.75. The zero-order valence-corrected chi connectivity index (χ0v) is 12.4. The maximum atomic E-state index is 2.36. The Labute approximate surface area is 115 Å². The highest BCUT2D eigenvalue weighted by Gasteiger charge is 2.19. The first-order chi connectivity index (χ1) is 9.18. The third kappa shape index (κ3) is 2.04. The molecule has 0 atom stereocenters. The average molecular weight is 271 g/mol. The van der Waals surface area contributed by atoms with Gasteiger partial charge in [-0.15, -0.1) is 0 Å². The molecule has 4 heteroatoms. The van der Waals surface area contributed by atoms with Crippen molar-refractivity contribution in [1.82, 2.24) is 13.0 Å². The molecule has 0 N–H and O–H groups in total. The largest absolute Gasteiger partial charge is 0.296 e. The van der Waals surface area contributed by atoms with Crippen molar-refractivity contribution >= 4 is 8.37 Å². The molecule has 0 unspecified atom stereocenters. The summed E-state index contributed by atoms with van der Waals surface area (Å²) in [7, 11) is -0.647. The van der Waals surface area contributed by atoms with Crippen LogP contribution in [0, 0.1) is 20.8 Å². The lowest BCUT2D eigenvalue weighted by molar-refractivity contribution is 0.983. The lowest BCUT2D eigenvalue weighted by Gasteiger charge is -2.25. The van der Waals surface area contributed by atoms with Crippen molar-refractivity contribution in [2.75, 3.05) is 0 Å². The highest BCUT2D eigenvalue weighted by Crippen LogP contribution is 2.44. The van der Waals surface area contributed by atoms with Gasteiger partial charge < -0.3 is 0 Å². The van der Waals surface area contributed by atoms with E-state index in [1.54, 1.807) is 0 Å². The maximum Gasteiger partial charge on any atom is 0.220 e. The second kappa shape index (κ2) is 4.75. The fourth-order valence-corrected chi connectivity index (χ4v) is 4.54. The monoisotopic (exact) mass is 271 g/mol. The lowest BCUT2D eigenvalue weighted by atomic mass is 10.5. The fourth-order valence-electron chi connectivity index (χ4n) is 2.29. The van der Waals surface area contributed by atoms with Crippen molar-refractivity contribution in [2.45, 2.75) is 20.8 Å². The first-order valence-corrected chi connectivity index (χ1v) is 7.61. The molecule has 0 fully saturated rings. The fraction of sp³-hybridized carbons (Fsp3) is 0.200. The summed E-state index contributed by atoms with van der Waals surface area (Å²) in [4.78, 5) is 0. The summed E-state index contributed by atoms with van der Waals surface area (Å²) in [5, 5.41) is 0. The molecule has 3 heterocycles. The smallest absolute Gasteiger partial charge is 0.220 e. The first kappa shape index (κ1) is 12.3. The van der Waals surface area contributed by atoms with Crippen LogP contribution in [0.3, 0.4) is 0 Å². The van der Waals surface area contributed by atoms with E-state index >= 15 is 0 Å². The molecule has 0 spiro atoms. The highest BCUT2D eigenvalue weighted by atomic mass is 31.1. The average Bonchev–Trinajstić information content (AvgIpc) is 3.07. The van der Waals surface area contributed by atoms with Crippen molar-refractivity contribution in [3.8, 4) is 0 Å². The summed E-state index contributed by atoms with van der Waals surface area (Å²) in [5.74, 6) is 0. The van der Waals surface area contributed by atoms with Gasteiger partial charge in [-0.25, -0.2) is 0 Å². The van der Waals surface area contributed by atoms with Crippen molar-refractivity contribution in [3.63, 3.8) is 0 Å². The van der Waals surface area contributed by atoms with Gasteiger partial charge in [0, 0.05) is 35.7 Å². The minimum absolute atomic E-state index is 0.647. The van der Waals surface area contributed by atoms with Crippen LogP contribution in [-0.4, -0.2) is 13.0 Å². The Kier molecular flexibility index (Phi) is 3.08. The van der Waals surface area contributed by atoms with Crippen LogP contribution in [-0.2, 0) is 0 Å². The molecule has 0 aliphatic rings. The van der Waals surface area contributed by atoms with Crippen LogP contribution in [0.25, 0.3) is 0 Å². The van der Waals surface area contributed by atoms with Gasteiger partial charge in [-0.1, -0.05) is 0 Å². The van der Waals surface area contributed by atoms with E-state index in [1.165, 1.54) is 17.1 Å². The van der Waals surface area contributed by atoms with Crippen LogP contribution in [0.5, 0.6) is 0 Å². The molecule has 0 aliphatic heterocycles. The number of aryl methyl sites for hydroxylation is 3. The Balaban J connectivity index is 2.20. The third-order valence-corrected chi connectivity index (χ3v) is 5.86. The molecule has 0 amide bonds. The number of hydrogen-bond acceptors (Lipinski definition) is 0. The SMILES string of the molecule is Cc1cccn1P(n1cccc1C)n1cccc1C. The van der Waals surface area contributed by atoms with Gasteiger partial charge in [-0.2, -0.15) is 0 Å². The minimum atomic E-state index is -0.647. The van der Waals surface area contributed by atoms with E-state index in [0.29, 0.717) is 0 Å². The molecule has 3 aromatic heterocycles. The highest BCUT2D eigenvalue weighted by molar-refractivity contribution is 7.52. The minimum Gasteiger partial charge on any atom is -0.296 e. The molecular weight excluding hydrogens is 253 g/mol. The van der Waals surface area contributed by atoms with Gasteiger partial charge in [0.2, 0.25) is 8.37 Å². The van der Waals surface area contributed by atoms with Gasteiger partial charge in [0.1, 0.15) is 0 Å². The Morgan fingerprint density at radius 2 is 0.947 bits per heavy atom. The predicted octanol–water partition coefficient (Wildman–Crippen LogP) is 4.19. The molecule has 3 rings (SSSR count). The van der Waals surface area contributed by atoms with Gasteiger partial charge in [-0.05, 0) is 57.2 Å².